The molecule has 1 aliphatic rings. The Morgan fingerprint density at radius 3 is 3.30 bits per heavy atom. The first-order chi connectivity index (χ1) is 11.3. The number of rotatable bonds is 4. The van der Waals surface area contributed by atoms with Gasteiger partial charge >= 0.3 is 0 Å². The zero-order valence-electron chi connectivity index (χ0n) is 12.4. The molecule has 3 aromatic heterocycles. The van der Waals surface area contributed by atoms with Gasteiger partial charge in [0.2, 0.25) is 11.6 Å². The van der Waals surface area contributed by atoms with Gasteiger partial charge in [-0.15, -0.1) is 10.2 Å². The van der Waals surface area contributed by atoms with Crippen LogP contribution in [0.1, 0.15) is 12.0 Å². The summed E-state index contributed by atoms with van der Waals surface area (Å²) in [4.78, 5) is 18.7. The summed E-state index contributed by atoms with van der Waals surface area (Å²) in [7, 11) is 0. The SMILES string of the molecule is O=C(Cc1ccsc1)N[C@@H]1CCN(c2nccn3cnnc23)C1. The summed E-state index contributed by atoms with van der Waals surface area (Å²) in [5.74, 6) is 0.892. The molecule has 1 atom stereocenters. The molecule has 4 heterocycles. The van der Waals surface area contributed by atoms with Gasteiger partial charge in [-0.2, -0.15) is 11.3 Å². The lowest BCUT2D eigenvalue weighted by atomic mass is 10.2. The van der Waals surface area contributed by atoms with E-state index in [1.165, 1.54) is 0 Å². The first-order valence-electron chi connectivity index (χ1n) is 7.49. The van der Waals surface area contributed by atoms with Gasteiger partial charge in [0.25, 0.3) is 0 Å². The highest BCUT2D eigenvalue weighted by Gasteiger charge is 2.26. The zero-order chi connectivity index (χ0) is 15.6. The van der Waals surface area contributed by atoms with Gasteiger partial charge in [0.05, 0.1) is 6.42 Å². The second-order valence-corrected chi connectivity index (χ2v) is 6.40. The molecule has 23 heavy (non-hydrogen) atoms. The lowest BCUT2D eigenvalue weighted by Gasteiger charge is -2.18. The van der Waals surface area contributed by atoms with Crippen molar-refractivity contribution in [2.24, 2.45) is 0 Å². The normalized spacial score (nSPS) is 17.7. The largest absolute Gasteiger partial charge is 0.351 e. The summed E-state index contributed by atoms with van der Waals surface area (Å²) in [6, 6.07) is 2.13. The van der Waals surface area contributed by atoms with Crippen LogP contribution in [-0.4, -0.2) is 44.6 Å². The first-order valence-corrected chi connectivity index (χ1v) is 8.43. The Hall–Kier alpha value is -2.48. The predicted molar refractivity (Wildman–Crippen MR) is 87.6 cm³/mol. The average Bonchev–Trinajstić information content (AvgIpc) is 3.27. The molecular formula is C15H16N6OS. The third-order valence-electron chi connectivity index (χ3n) is 3.99. The molecule has 0 saturated carbocycles. The molecular weight excluding hydrogens is 312 g/mol. The molecule has 0 aromatic carbocycles. The number of hydrogen-bond donors (Lipinski definition) is 1. The molecule has 1 fully saturated rings. The number of thiophene rings is 1. The molecule has 118 valence electrons. The first kappa shape index (κ1) is 14.1. The smallest absolute Gasteiger partial charge is 0.224 e. The van der Waals surface area contributed by atoms with Crippen LogP contribution in [0, 0.1) is 0 Å². The van der Waals surface area contributed by atoms with E-state index in [0.717, 1.165) is 36.5 Å². The molecule has 7 nitrogen and oxygen atoms in total. The lowest BCUT2D eigenvalue weighted by molar-refractivity contribution is -0.121. The molecule has 0 unspecified atom stereocenters. The van der Waals surface area contributed by atoms with E-state index in [-0.39, 0.29) is 11.9 Å². The Morgan fingerprint density at radius 2 is 2.43 bits per heavy atom. The van der Waals surface area contributed by atoms with Crippen LogP contribution < -0.4 is 10.2 Å². The van der Waals surface area contributed by atoms with Crippen LogP contribution in [0.3, 0.4) is 0 Å². The van der Waals surface area contributed by atoms with Crippen molar-refractivity contribution in [1.29, 1.82) is 0 Å². The molecule has 1 saturated heterocycles. The van der Waals surface area contributed by atoms with Crippen molar-refractivity contribution in [1.82, 2.24) is 24.9 Å². The number of fused-ring (bicyclic) bond motifs is 1. The molecule has 8 heteroatoms. The highest BCUT2D eigenvalue weighted by Crippen LogP contribution is 2.21. The third-order valence-corrected chi connectivity index (χ3v) is 4.73. The van der Waals surface area contributed by atoms with E-state index in [4.69, 9.17) is 0 Å². The van der Waals surface area contributed by atoms with Crippen molar-refractivity contribution < 1.29 is 4.79 Å². The Morgan fingerprint density at radius 1 is 1.48 bits per heavy atom. The maximum absolute atomic E-state index is 12.1. The van der Waals surface area contributed by atoms with Gasteiger partial charge in [-0.1, -0.05) is 0 Å². The molecule has 1 aliphatic heterocycles. The molecule has 0 spiro atoms. The van der Waals surface area contributed by atoms with Crippen LogP contribution in [0.4, 0.5) is 5.82 Å². The summed E-state index contributed by atoms with van der Waals surface area (Å²) >= 11 is 1.61. The van der Waals surface area contributed by atoms with Crippen LogP contribution >= 0.6 is 11.3 Å². The second kappa shape index (κ2) is 5.96. The number of hydrogen-bond acceptors (Lipinski definition) is 6. The highest BCUT2D eigenvalue weighted by molar-refractivity contribution is 7.08. The Kier molecular flexibility index (Phi) is 3.66. The van der Waals surface area contributed by atoms with E-state index in [0.29, 0.717) is 6.42 Å². The molecule has 1 amide bonds. The van der Waals surface area contributed by atoms with Gasteiger partial charge in [-0.25, -0.2) is 4.98 Å². The van der Waals surface area contributed by atoms with Gasteiger partial charge < -0.3 is 10.2 Å². The second-order valence-electron chi connectivity index (χ2n) is 5.62. The van der Waals surface area contributed by atoms with E-state index < -0.39 is 0 Å². The molecule has 4 rings (SSSR count). The van der Waals surface area contributed by atoms with Crippen molar-refractivity contribution in [3.05, 3.63) is 41.1 Å². The fourth-order valence-corrected chi connectivity index (χ4v) is 3.56. The van der Waals surface area contributed by atoms with E-state index in [1.54, 1.807) is 23.9 Å². The number of carbonyl (C=O) groups excluding carboxylic acids is 1. The maximum atomic E-state index is 12.1. The van der Waals surface area contributed by atoms with E-state index in [2.05, 4.69) is 25.4 Å². The van der Waals surface area contributed by atoms with Gasteiger partial charge in [-0.3, -0.25) is 9.20 Å². The average molecular weight is 328 g/mol. The predicted octanol–water partition coefficient (Wildman–Crippen LogP) is 1.12. The van der Waals surface area contributed by atoms with Crippen molar-refractivity contribution in [2.75, 3.05) is 18.0 Å². The monoisotopic (exact) mass is 328 g/mol. The van der Waals surface area contributed by atoms with Crippen molar-refractivity contribution in [3.63, 3.8) is 0 Å². The van der Waals surface area contributed by atoms with Crippen LogP contribution in [0.15, 0.2) is 35.5 Å². The minimum atomic E-state index is 0.0731. The topological polar surface area (TPSA) is 75.4 Å². The van der Waals surface area contributed by atoms with E-state index in [9.17, 15) is 4.79 Å². The van der Waals surface area contributed by atoms with Crippen molar-refractivity contribution in [3.8, 4) is 0 Å². The Bertz CT molecular complexity index is 814. The lowest BCUT2D eigenvalue weighted by Crippen LogP contribution is -2.38. The molecule has 0 aliphatic carbocycles. The molecule has 1 N–H and O–H groups in total. The van der Waals surface area contributed by atoms with Crippen LogP contribution in [0.2, 0.25) is 0 Å². The summed E-state index contributed by atoms with van der Waals surface area (Å²) in [6.07, 6.45) is 6.59. The fourth-order valence-electron chi connectivity index (χ4n) is 2.90. The van der Waals surface area contributed by atoms with Crippen molar-refractivity contribution >= 4 is 28.7 Å². The number of anilines is 1. The Balaban J connectivity index is 1.41. The highest BCUT2D eigenvalue weighted by atomic mass is 32.1. The number of aromatic nitrogens is 4. The van der Waals surface area contributed by atoms with Crippen LogP contribution in [0.25, 0.3) is 5.65 Å². The summed E-state index contributed by atoms with van der Waals surface area (Å²) in [5, 5.41) is 15.2. The van der Waals surface area contributed by atoms with E-state index >= 15 is 0 Å². The minimum Gasteiger partial charge on any atom is -0.351 e. The number of amides is 1. The number of nitrogens with zero attached hydrogens (tertiary/aromatic N) is 5. The van der Waals surface area contributed by atoms with E-state index in [1.807, 2.05) is 27.4 Å². The minimum absolute atomic E-state index is 0.0731. The zero-order valence-corrected chi connectivity index (χ0v) is 13.2. The van der Waals surface area contributed by atoms with Gasteiger partial charge in [-0.05, 0) is 28.8 Å². The number of carbonyl (C=O) groups is 1. The van der Waals surface area contributed by atoms with Crippen LogP contribution in [0.5, 0.6) is 0 Å². The molecule has 0 bridgehead atoms. The summed E-state index contributed by atoms with van der Waals surface area (Å²) < 4.78 is 1.85. The maximum Gasteiger partial charge on any atom is 0.224 e. The molecule has 0 radical (unpaired) electrons. The Labute approximate surface area is 137 Å². The number of nitrogens with one attached hydrogen (secondary N) is 1. The van der Waals surface area contributed by atoms with Gasteiger partial charge in [0, 0.05) is 31.5 Å². The van der Waals surface area contributed by atoms with Gasteiger partial charge in [0.1, 0.15) is 6.33 Å². The summed E-state index contributed by atoms with van der Waals surface area (Å²) in [6.45, 7) is 1.60. The fraction of sp³-hybridized carbons (Fsp3) is 0.333. The van der Waals surface area contributed by atoms with Gasteiger partial charge in [0.15, 0.2) is 5.82 Å². The van der Waals surface area contributed by atoms with Crippen LogP contribution in [-0.2, 0) is 11.2 Å². The molecule has 3 aromatic rings. The standard InChI is InChI=1S/C15H16N6OS/c22-13(7-11-2-6-23-9-11)18-12-1-4-20(8-12)14-15-19-17-10-21(15)5-3-16-14/h2-3,5-6,9-10,12H,1,4,7-8H2,(H,18,22)/t12-/m1/s1. The van der Waals surface area contributed by atoms with Crippen molar-refractivity contribution in [2.45, 2.75) is 18.9 Å². The summed E-state index contributed by atoms with van der Waals surface area (Å²) in [5.41, 5.74) is 1.81. The third kappa shape index (κ3) is 2.89. The quantitative estimate of drug-likeness (QED) is 0.777.